The van der Waals surface area contributed by atoms with Crippen molar-refractivity contribution in [3.63, 3.8) is 0 Å². The topological polar surface area (TPSA) is 29.5 Å². The number of likely N-dealkylation sites (tertiary alicyclic amines) is 1. The van der Waals surface area contributed by atoms with E-state index in [2.05, 4.69) is 4.90 Å². The summed E-state index contributed by atoms with van der Waals surface area (Å²) in [6.45, 7) is 3.75. The number of rotatable bonds is 1. The Bertz CT molecular complexity index is 177. The highest BCUT2D eigenvalue weighted by molar-refractivity contribution is 5.79. The van der Waals surface area contributed by atoms with Crippen LogP contribution < -0.4 is 0 Å². The standard InChI is InChI=1S/C10H17NO2/c12-10-1-5-11(6-2-10)9-3-7-13-8-4-9/h9H,1-8H2. The summed E-state index contributed by atoms with van der Waals surface area (Å²) in [5.41, 5.74) is 0. The van der Waals surface area contributed by atoms with Gasteiger partial charge in [0.05, 0.1) is 0 Å². The molecule has 2 heterocycles. The lowest BCUT2D eigenvalue weighted by molar-refractivity contribution is -0.122. The number of Topliss-reactive ketones (excluding diaryl/α,β-unsaturated/α-hetero) is 1. The van der Waals surface area contributed by atoms with E-state index in [-0.39, 0.29) is 0 Å². The Kier molecular flexibility index (Phi) is 2.96. The van der Waals surface area contributed by atoms with E-state index in [1.807, 2.05) is 0 Å². The van der Waals surface area contributed by atoms with Crippen LogP contribution in [0.1, 0.15) is 25.7 Å². The number of piperidine rings is 1. The first-order chi connectivity index (χ1) is 6.36. The van der Waals surface area contributed by atoms with Crippen molar-refractivity contribution in [3.8, 4) is 0 Å². The molecule has 0 radical (unpaired) electrons. The molecule has 3 nitrogen and oxygen atoms in total. The zero-order valence-corrected chi connectivity index (χ0v) is 8.00. The zero-order valence-electron chi connectivity index (χ0n) is 8.00. The third-order valence-electron chi connectivity index (χ3n) is 3.06. The molecule has 2 aliphatic heterocycles. The number of ether oxygens (including phenoxy) is 1. The van der Waals surface area contributed by atoms with Crippen molar-refractivity contribution in [1.82, 2.24) is 4.90 Å². The average molecular weight is 183 g/mol. The smallest absolute Gasteiger partial charge is 0.135 e. The van der Waals surface area contributed by atoms with E-state index in [1.54, 1.807) is 0 Å². The quantitative estimate of drug-likeness (QED) is 0.603. The number of ketones is 1. The van der Waals surface area contributed by atoms with E-state index in [0.717, 1.165) is 52.0 Å². The second-order valence-electron chi connectivity index (χ2n) is 3.92. The van der Waals surface area contributed by atoms with Crippen molar-refractivity contribution in [3.05, 3.63) is 0 Å². The van der Waals surface area contributed by atoms with Crippen LogP contribution in [0, 0.1) is 0 Å². The molecule has 0 bridgehead atoms. The van der Waals surface area contributed by atoms with Gasteiger partial charge in [0.2, 0.25) is 0 Å². The molecule has 0 atom stereocenters. The summed E-state index contributed by atoms with van der Waals surface area (Å²) in [6.07, 6.45) is 3.82. The third-order valence-corrected chi connectivity index (χ3v) is 3.06. The van der Waals surface area contributed by atoms with Gasteiger partial charge in [-0.25, -0.2) is 0 Å². The molecule has 0 spiro atoms. The first-order valence-electron chi connectivity index (χ1n) is 5.20. The van der Waals surface area contributed by atoms with Gasteiger partial charge in [-0.1, -0.05) is 0 Å². The molecule has 0 aliphatic carbocycles. The highest BCUT2D eigenvalue weighted by Crippen LogP contribution is 2.17. The lowest BCUT2D eigenvalue weighted by Crippen LogP contribution is -2.44. The van der Waals surface area contributed by atoms with E-state index in [0.29, 0.717) is 11.8 Å². The Labute approximate surface area is 79.0 Å². The van der Waals surface area contributed by atoms with E-state index in [1.165, 1.54) is 0 Å². The maximum Gasteiger partial charge on any atom is 0.135 e. The largest absolute Gasteiger partial charge is 0.381 e. The highest BCUT2D eigenvalue weighted by Gasteiger charge is 2.24. The average Bonchev–Trinajstić information content (AvgIpc) is 2.20. The Hall–Kier alpha value is -0.410. The Morgan fingerprint density at radius 1 is 1.15 bits per heavy atom. The predicted molar refractivity (Wildman–Crippen MR) is 49.7 cm³/mol. The molecule has 0 aromatic carbocycles. The summed E-state index contributed by atoms with van der Waals surface area (Å²) in [5.74, 6) is 0.434. The van der Waals surface area contributed by atoms with Crippen LogP contribution in [-0.2, 0) is 9.53 Å². The molecule has 0 saturated carbocycles. The van der Waals surface area contributed by atoms with Gasteiger partial charge in [-0.3, -0.25) is 9.69 Å². The summed E-state index contributed by atoms with van der Waals surface area (Å²) in [6, 6.07) is 0.682. The lowest BCUT2D eigenvalue weighted by atomic mass is 10.0. The fourth-order valence-corrected chi connectivity index (χ4v) is 2.19. The molecule has 3 heteroatoms. The zero-order chi connectivity index (χ0) is 9.10. The molecule has 0 unspecified atom stereocenters. The Morgan fingerprint density at radius 3 is 2.38 bits per heavy atom. The van der Waals surface area contributed by atoms with Crippen LogP contribution in [0.15, 0.2) is 0 Å². The van der Waals surface area contributed by atoms with E-state index < -0.39 is 0 Å². The van der Waals surface area contributed by atoms with Gasteiger partial charge in [0, 0.05) is 45.2 Å². The molecule has 74 valence electrons. The normalized spacial score (nSPS) is 27.8. The minimum Gasteiger partial charge on any atom is -0.381 e. The highest BCUT2D eigenvalue weighted by atomic mass is 16.5. The summed E-state index contributed by atoms with van der Waals surface area (Å²) < 4.78 is 5.32. The summed E-state index contributed by atoms with van der Waals surface area (Å²) in [4.78, 5) is 13.5. The Balaban J connectivity index is 1.82. The first-order valence-corrected chi connectivity index (χ1v) is 5.20. The fraction of sp³-hybridized carbons (Fsp3) is 0.900. The van der Waals surface area contributed by atoms with Crippen molar-refractivity contribution in [1.29, 1.82) is 0 Å². The molecule has 0 N–H and O–H groups in total. The van der Waals surface area contributed by atoms with Crippen LogP contribution >= 0.6 is 0 Å². The van der Waals surface area contributed by atoms with Gasteiger partial charge in [-0.2, -0.15) is 0 Å². The molecular formula is C10H17NO2. The van der Waals surface area contributed by atoms with Gasteiger partial charge < -0.3 is 4.74 Å². The first kappa shape index (κ1) is 9.16. The number of carbonyl (C=O) groups excluding carboxylic acids is 1. The molecular weight excluding hydrogens is 166 g/mol. The number of carbonyl (C=O) groups is 1. The van der Waals surface area contributed by atoms with Gasteiger partial charge in [0.15, 0.2) is 0 Å². The summed E-state index contributed by atoms with van der Waals surface area (Å²) in [7, 11) is 0. The second-order valence-corrected chi connectivity index (χ2v) is 3.92. The van der Waals surface area contributed by atoms with Crippen molar-refractivity contribution < 1.29 is 9.53 Å². The Morgan fingerprint density at radius 2 is 1.77 bits per heavy atom. The van der Waals surface area contributed by atoms with Crippen molar-refractivity contribution >= 4 is 5.78 Å². The van der Waals surface area contributed by atoms with Crippen LogP contribution in [0.4, 0.5) is 0 Å². The van der Waals surface area contributed by atoms with Gasteiger partial charge in [0.1, 0.15) is 5.78 Å². The van der Waals surface area contributed by atoms with Crippen LogP contribution in [0.3, 0.4) is 0 Å². The van der Waals surface area contributed by atoms with Gasteiger partial charge in [-0.15, -0.1) is 0 Å². The maximum absolute atomic E-state index is 11.0. The fourth-order valence-electron chi connectivity index (χ4n) is 2.19. The van der Waals surface area contributed by atoms with Crippen LogP contribution in [-0.4, -0.2) is 43.0 Å². The van der Waals surface area contributed by atoms with E-state index >= 15 is 0 Å². The molecule has 0 aromatic heterocycles. The minimum absolute atomic E-state index is 0.434. The SMILES string of the molecule is O=C1CCN(C2CCOCC2)CC1. The molecule has 2 aliphatic rings. The molecule has 13 heavy (non-hydrogen) atoms. The van der Waals surface area contributed by atoms with Crippen molar-refractivity contribution in [2.45, 2.75) is 31.7 Å². The summed E-state index contributed by atoms with van der Waals surface area (Å²) in [5, 5.41) is 0. The maximum atomic E-state index is 11.0. The number of nitrogens with zero attached hydrogens (tertiary/aromatic N) is 1. The van der Waals surface area contributed by atoms with Crippen molar-refractivity contribution in [2.75, 3.05) is 26.3 Å². The van der Waals surface area contributed by atoms with Gasteiger partial charge in [0.25, 0.3) is 0 Å². The van der Waals surface area contributed by atoms with Crippen molar-refractivity contribution in [2.24, 2.45) is 0 Å². The second kappa shape index (κ2) is 4.20. The minimum atomic E-state index is 0.434. The van der Waals surface area contributed by atoms with Gasteiger partial charge in [-0.05, 0) is 12.8 Å². The molecule has 0 aromatic rings. The molecule has 2 rings (SSSR count). The predicted octanol–water partition coefficient (Wildman–Crippen LogP) is 0.830. The summed E-state index contributed by atoms with van der Waals surface area (Å²) >= 11 is 0. The third kappa shape index (κ3) is 2.29. The van der Waals surface area contributed by atoms with Crippen LogP contribution in [0.2, 0.25) is 0 Å². The monoisotopic (exact) mass is 183 g/mol. The van der Waals surface area contributed by atoms with E-state index in [9.17, 15) is 4.79 Å². The molecule has 0 amide bonds. The number of hydrogen-bond acceptors (Lipinski definition) is 3. The molecule has 2 saturated heterocycles. The van der Waals surface area contributed by atoms with E-state index in [4.69, 9.17) is 4.74 Å². The number of hydrogen-bond donors (Lipinski definition) is 0. The van der Waals surface area contributed by atoms with Gasteiger partial charge >= 0.3 is 0 Å². The van der Waals surface area contributed by atoms with Crippen LogP contribution in [0.5, 0.6) is 0 Å². The lowest BCUT2D eigenvalue weighted by Gasteiger charge is -2.36. The molecule has 2 fully saturated rings. The van der Waals surface area contributed by atoms with Crippen LogP contribution in [0.25, 0.3) is 0 Å².